The molecule has 2 aromatic carbocycles. The lowest BCUT2D eigenvalue weighted by atomic mass is 9.99. The molecule has 0 aliphatic rings. The topological polar surface area (TPSA) is 68.0 Å². The number of carboxylic acid groups (broad SMARTS) is 1. The molecule has 1 heterocycles. The smallest absolute Gasteiger partial charge is 0.336 e. The molecule has 3 aromatic rings. The Morgan fingerprint density at radius 2 is 1.86 bits per heavy atom. The predicted molar refractivity (Wildman–Crippen MR) is 106 cm³/mol. The number of alkyl halides is 2. The fraction of sp³-hybridized carbons (Fsp3) is 0.227. The van der Waals surface area contributed by atoms with E-state index in [0.717, 1.165) is 18.1 Å². The number of carbonyl (C=O) groups is 1. The van der Waals surface area contributed by atoms with Gasteiger partial charge < -0.3 is 5.11 Å². The van der Waals surface area contributed by atoms with Crippen molar-refractivity contribution in [3.8, 4) is 11.1 Å². The van der Waals surface area contributed by atoms with Gasteiger partial charge >= 0.3 is 11.9 Å². The first-order valence-electron chi connectivity index (χ1n) is 9.14. The van der Waals surface area contributed by atoms with Crippen LogP contribution in [0, 0.1) is 0 Å². The number of nitrogens with zero attached hydrogens (tertiary/aromatic N) is 3. The van der Waals surface area contributed by atoms with Crippen molar-refractivity contribution in [1.29, 1.82) is 0 Å². The zero-order chi connectivity index (χ0) is 21.0. The van der Waals surface area contributed by atoms with Crippen LogP contribution in [0.15, 0.2) is 60.7 Å². The van der Waals surface area contributed by atoms with Gasteiger partial charge in [-0.15, -0.1) is 5.10 Å². The Hall–Kier alpha value is -3.35. The summed E-state index contributed by atoms with van der Waals surface area (Å²) in [6, 6.07) is 14.1. The molecule has 0 saturated heterocycles. The van der Waals surface area contributed by atoms with Crippen molar-refractivity contribution < 1.29 is 18.7 Å². The van der Waals surface area contributed by atoms with E-state index in [0.29, 0.717) is 17.8 Å². The predicted octanol–water partition coefficient (Wildman–Crippen LogP) is 4.92. The summed E-state index contributed by atoms with van der Waals surface area (Å²) < 4.78 is 28.8. The summed E-state index contributed by atoms with van der Waals surface area (Å²) >= 11 is 0. The van der Waals surface area contributed by atoms with Crippen LogP contribution >= 0.6 is 0 Å². The summed E-state index contributed by atoms with van der Waals surface area (Å²) in [7, 11) is 0. The standard InChI is InChI=1S/C22H21F2N3O2/c1-3-4-9-19-25-21(22(2,23)24)26-27(19)14-15-10-12-16(13-11-15)17-7-5-6-8-18(17)20(28)29/h3-8,10-13H,9,14H2,1-2H3,(H,28,29). The monoisotopic (exact) mass is 397 g/mol. The molecule has 0 aliphatic carbocycles. The minimum Gasteiger partial charge on any atom is -0.478 e. The van der Waals surface area contributed by atoms with Gasteiger partial charge in [0.15, 0.2) is 0 Å². The second-order valence-electron chi connectivity index (χ2n) is 6.72. The van der Waals surface area contributed by atoms with Crippen LogP contribution in [-0.2, 0) is 18.9 Å². The molecule has 0 bridgehead atoms. The molecule has 7 heteroatoms. The second-order valence-corrected chi connectivity index (χ2v) is 6.72. The first-order valence-corrected chi connectivity index (χ1v) is 9.14. The molecule has 0 fully saturated rings. The molecule has 1 aromatic heterocycles. The molecule has 0 atom stereocenters. The number of aromatic carboxylic acids is 1. The highest BCUT2D eigenvalue weighted by Crippen LogP contribution is 2.26. The number of carboxylic acids is 1. The molecule has 0 amide bonds. The minimum absolute atomic E-state index is 0.222. The highest BCUT2D eigenvalue weighted by Gasteiger charge is 2.31. The number of hydrogen-bond donors (Lipinski definition) is 1. The molecular weight excluding hydrogens is 376 g/mol. The molecule has 0 aliphatic heterocycles. The molecule has 0 radical (unpaired) electrons. The fourth-order valence-electron chi connectivity index (χ4n) is 2.95. The van der Waals surface area contributed by atoms with E-state index in [1.165, 1.54) is 4.68 Å². The Labute approximate surface area is 167 Å². The van der Waals surface area contributed by atoms with Gasteiger partial charge in [-0.25, -0.2) is 14.5 Å². The Bertz CT molecular complexity index is 1030. The van der Waals surface area contributed by atoms with Crippen LogP contribution in [0.4, 0.5) is 8.78 Å². The number of halogens is 2. The summed E-state index contributed by atoms with van der Waals surface area (Å²) in [5.41, 5.74) is 2.45. The van der Waals surface area contributed by atoms with Crippen molar-refractivity contribution in [2.45, 2.75) is 32.7 Å². The maximum absolute atomic E-state index is 13.6. The maximum atomic E-state index is 13.6. The third-order valence-corrected chi connectivity index (χ3v) is 4.43. The van der Waals surface area contributed by atoms with Crippen LogP contribution in [0.1, 0.15) is 41.4 Å². The SMILES string of the molecule is CC=CCc1nc(C(C)(F)F)nn1Cc1ccc(-c2ccccc2C(=O)O)cc1. The summed E-state index contributed by atoms with van der Waals surface area (Å²) in [4.78, 5) is 15.4. The van der Waals surface area contributed by atoms with Crippen molar-refractivity contribution in [2.75, 3.05) is 0 Å². The normalized spacial score (nSPS) is 11.9. The van der Waals surface area contributed by atoms with Gasteiger partial charge in [-0.05, 0) is 29.7 Å². The number of hydrogen-bond acceptors (Lipinski definition) is 3. The molecule has 5 nitrogen and oxygen atoms in total. The van der Waals surface area contributed by atoms with Gasteiger partial charge in [0, 0.05) is 13.3 Å². The van der Waals surface area contributed by atoms with Gasteiger partial charge in [0.05, 0.1) is 12.1 Å². The van der Waals surface area contributed by atoms with Crippen molar-refractivity contribution in [1.82, 2.24) is 14.8 Å². The molecular formula is C22H21F2N3O2. The minimum atomic E-state index is -3.11. The van der Waals surface area contributed by atoms with Crippen molar-refractivity contribution in [2.24, 2.45) is 0 Å². The summed E-state index contributed by atoms with van der Waals surface area (Å²) in [5, 5.41) is 13.4. The van der Waals surface area contributed by atoms with E-state index in [4.69, 9.17) is 0 Å². The quantitative estimate of drug-likeness (QED) is 0.575. The Kier molecular flexibility index (Phi) is 5.87. The van der Waals surface area contributed by atoms with Crippen LogP contribution in [0.25, 0.3) is 11.1 Å². The Morgan fingerprint density at radius 3 is 2.48 bits per heavy atom. The average molecular weight is 397 g/mol. The lowest BCUT2D eigenvalue weighted by molar-refractivity contribution is 0.00755. The van der Waals surface area contributed by atoms with Gasteiger partial charge in [-0.3, -0.25) is 0 Å². The van der Waals surface area contributed by atoms with E-state index in [9.17, 15) is 18.7 Å². The van der Waals surface area contributed by atoms with Crippen LogP contribution in [0.5, 0.6) is 0 Å². The van der Waals surface area contributed by atoms with Crippen LogP contribution in [0.2, 0.25) is 0 Å². The first kappa shape index (κ1) is 20.4. The van der Waals surface area contributed by atoms with Gasteiger partial charge in [-0.2, -0.15) is 8.78 Å². The third-order valence-electron chi connectivity index (χ3n) is 4.43. The van der Waals surface area contributed by atoms with E-state index in [1.807, 2.05) is 43.3 Å². The van der Waals surface area contributed by atoms with E-state index in [1.54, 1.807) is 24.3 Å². The van der Waals surface area contributed by atoms with Crippen molar-refractivity contribution in [3.63, 3.8) is 0 Å². The van der Waals surface area contributed by atoms with Gasteiger partial charge in [0.1, 0.15) is 5.82 Å². The summed E-state index contributed by atoms with van der Waals surface area (Å²) in [6.07, 6.45) is 4.07. The van der Waals surface area contributed by atoms with Crippen molar-refractivity contribution in [3.05, 3.63) is 83.5 Å². The lowest BCUT2D eigenvalue weighted by Crippen LogP contribution is -2.11. The summed E-state index contributed by atoms with van der Waals surface area (Å²) in [5.74, 6) is -4.14. The van der Waals surface area contributed by atoms with Crippen molar-refractivity contribution >= 4 is 5.97 Å². The third kappa shape index (κ3) is 4.74. The first-order chi connectivity index (χ1) is 13.8. The molecule has 0 saturated carbocycles. The molecule has 150 valence electrons. The van der Waals surface area contributed by atoms with Gasteiger partial charge in [-0.1, -0.05) is 54.6 Å². The molecule has 29 heavy (non-hydrogen) atoms. The zero-order valence-corrected chi connectivity index (χ0v) is 16.1. The van der Waals surface area contributed by atoms with Gasteiger partial charge in [0.2, 0.25) is 5.82 Å². The van der Waals surface area contributed by atoms with E-state index < -0.39 is 17.7 Å². The van der Waals surface area contributed by atoms with Gasteiger partial charge in [0.25, 0.3) is 0 Å². The number of benzene rings is 2. The largest absolute Gasteiger partial charge is 0.478 e. The summed E-state index contributed by atoms with van der Waals surface area (Å²) in [6.45, 7) is 2.92. The highest BCUT2D eigenvalue weighted by molar-refractivity contribution is 5.95. The Morgan fingerprint density at radius 1 is 1.17 bits per heavy atom. The van der Waals surface area contributed by atoms with E-state index >= 15 is 0 Å². The average Bonchev–Trinajstić information content (AvgIpc) is 3.10. The fourth-order valence-corrected chi connectivity index (χ4v) is 2.95. The van der Waals surface area contributed by atoms with Crippen LogP contribution in [-0.4, -0.2) is 25.8 Å². The van der Waals surface area contributed by atoms with E-state index in [-0.39, 0.29) is 12.1 Å². The highest BCUT2D eigenvalue weighted by atomic mass is 19.3. The number of rotatable bonds is 7. The van der Waals surface area contributed by atoms with Crippen LogP contribution < -0.4 is 0 Å². The molecule has 3 rings (SSSR count). The zero-order valence-electron chi connectivity index (χ0n) is 16.1. The van der Waals surface area contributed by atoms with E-state index in [2.05, 4.69) is 10.1 Å². The maximum Gasteiger partial charge on any atom is 0.336 e. The molecule has 0 spiro atoms. The number of aromatic nitrogens is 3. The molecule has 1 N–H and O–H groups in total. The van der Waals surface area contributed by atoms with Crippen LogP contribution in [0.3, 0.4) is 0 Å². The second kappa shape index (κ2) is 8.34. The number of allylic oxidation sites excluding steroid dienone is 2. The lowest BCUT2D eigenvalue weighted by Gasteiger charge is -2.09. The Balaban J connectivity index is 1.89. The molecule has 0 unspecified atom stereocenters.